The molecule has 2 aromatic carbocycles. The second-order valence-electron chi connectivity index (χ2n) is 23.6. The number of unbranched alkanes of at least 4 members (excludes halogenated alkanes) is 6. The molecule has 1 aliphatic rings. The number of ketones is 6. The van der Waals surface area contributed by atoms with E-state index in [1.54, 1.807) is 61.3 Å². The Hall–Kier alpha value is -8.38. The molecule has 0 bridgehead atoms. The van der Waals surface area contributed by atoms with Crippen molar-refractivity contribution in [1.82, 2.24) is 25.8 Å². The molecule has 95 heavy (non-hydrogen) atoms. The number of urea groups is 1. The highest BCUT2D eigenvalue weighted by Crippen LogP contribution is 2.29. The van der Waals surface area contributed by atoms with Gasteiger partial charge in [0.2, 0.25) is 5.91 Å². The average Bonchev–Trinajstić information content (AvgIpc) is 0.920. The monoisotopic (exact) mass is 1440 g/mol. The maximum absolute atomic E-state index is 14.7. The summed E-state index contributed by atoms with van der Waals surface area (Å²) in [6, 6.07) is 8.30. The molecular formula is C67H88IN5O22. The predicted octanol–water partition coefficient (Wildman–Crippen LogP) is 6.22. The lowest BCUT2D eigenvalue weighted by molar-refractivity contribution is -0.145. The molecule has 0 spiro atoms. The van der Waals surface area contributed by atoms with E-state index >= 15 is 0 Å². The summed E-state index contributed by atoms with van der Waals surface area (Å²) in [5.74, 6) is -14.8. The van der Waals surface area contributed by atoms with E-state index in [0.29, 0.717) is 78.9 Å². The number of carbonyl (C=O) groups is 15. The molecule has 28 heteroatoms. The number of amides is 3. The van der Waals surface area contributed by atoms with Gasteiger partial charge in [-0.25, -0.2) is 19.2 Å². The fourth-order valence-electron chi connectivity index (χ4n) is 10.7. The summed E-state index contributed by atoms with van der Waals surface area (Å²) in [7, 11) is 1.58. The number of aliphatic carboxylic acids is 6. The van der Waals surface area contributed by atoms with Crippen LogP contribution in [0.1, 0.15) is 153 Å². The molecule has 3 rings (SSSR count). The van der Waals surface area contributed by atoms with Crippen molar-refractivity contribution in [1.29, 1.82) is 0 Å². The maximum atomic E-state index is 14.7. The molecule has 27 nitrogen and oxygen atoms in total. The van der Waals surface area contributed by atoms with Crippen molar-refractivity contribution in [2.45, 2.75) is 173 Å². The van der Waals surface area contributed by atoms with E-state index in [1.165, 1.54) is 11.0 Å². The smallest absolute Gasteiger partial charge is 0.347 e. The lowest BCUT2D eigenvalue weighted by Crippen LogP contribution is -2.51. The molecule has 3 amide bonds. The second-order valence-corrected chi connectivity index (χ2v) is 24.8. The van der Waals surface area contributed by atoms with Crippen molar-refractivity contribution in [2.24, 2.45) is 17.8 Å². The number of benzene rings is 2. The van der Waals surface area contributed by atoms with Crippen molar-refractivity contribution in [3.63, 3.8) is 0 Å². The van der Waals surface area contributed by atoms with Crippen LogP contribution in [0.5, 0.6) is 5.75 Å². The molecule has 6 atom stereocenters. The third-order valence-corrected chi connectivity index (χ3v) is 16.9. The summed E-state index contributed by atoms with van der Waals surface area (Å²) >= 11 is 1.88. The predicted molar refractivity (Wildman–Crippen MR) is 350 cm³/mol. The molecular weight excluding hydrogens is 1350 g/mol. The number of carboxylic acids is 6. The molecule has 0 heterocycles. The van der Waals surface area contributed by atoms with E-state index in [9.17, 15) is 97.5 Å². The van der Waals surface area contributed by atoms with Crippen LogP contribution in [0.3, 0.4) is 0 Å². The number of hydrogen-bond acceptors (Lipinski definition) is 18. The lowest BCUT2D eigenvalue weighted by atomic mass is 9.80. The van der Waals surface area contributed by atoms with E-state index in [0.717, 1.165) is 18.2 Å². The van der Waals surface area contributed by atoms with Crippen LogP contribution in [0.2, 0.25) is 0 Å². The molecule has 0 saturated heterocycles. The van der Waals surface area contributed by atoms with E-state index in [2.05, 4.69) is 16.0 Å². The van der Waals surface area contributed by atoms with E-state index in [-0.39, 0.29) is 114 Å². The SMILES string of the molecule is CCN(CCN(C)CC(=O)O)[C@H](CCC(=O)C[C@H](Cc1ccc(OC(=O)C2=CC(=O)C=CC2=O)c(I)c1)C(=O)C[C@H](Cc1ccccc1)C(=O)C[C@H](CCCCNC(=O)CCCCCCC(=O)CCCCC[C@H](NC(=O)N[C@@H](CCC(=O)O)C(=O)O)C(=O)O)C(=O)O)C(=O)O. The van der Waals surface area contributed by atoms with Gasteiger partial charge in [-0.3, -0.25) is 62.5 Å². The summed E-state index contributed by atoms with van der Waals surface area (Å²) in [4.78, 5) is 191. The first-order valence-corrected chi connectivity index (χ1v) is 32.9. The van der Waals surface area contributed by atoms with Gasteiger partial charge in [-0.15, -0.1) is 0 Å². The highest BCUT2D eigenvalue weighted by Gasteiger charge is 2.34. The number of carboxylic acid groups (broad SMARTS) is 6. The lowest BCUT2D eigenvalue weighted by Gasteiger charge is -2.29. The summed E-state index contributed by atoms with van der Waals surface area (Å²) in [5.41, 5.74) is 0.722. The summed E-state index contributed by atoms with van der Waals surface area (Å²) < 4.78 is 5.83. The molecule has 0 aromatic heterocycles. The van der Waals surface area contributed by atoms with Crippen molar-refractivity contribution >= 4 is 111 Å². The van der Waals surface area contributed by atoms with Gasteiger partial charge < -0.3 is 51.3 Å². The van der Waals surface area contributed by atoms with Gasteiger partial charge in [0.25, 0.3) is 0 Å². The standard InChI is InChI=1S/C67H88IN5O22/c1-3-73(33-32-72(2)41-61(83)84)54(65(91)92)27-24-48(75)37-45(35-43-23-29-58(51(68)36-43)95-66(93)50-40-49(76)25-28-55(50)77)57(79)39-46(34-42-16-8-6-9-17-42)56(78)38-44(62(85)86)18-14-15-31-69-59(80)22-13-5-4-10-19-47(74)20-11-7-12-21-52(63(87)88)70-67(94)71-53(64(89)90)26-30-60(81)82/h6,8-9,16-17,23,25,28-29,36,40,44-46,52-54H,3-5,7,10-15,18-22,24,26-27,30-35,37-39,41H2,1-2H3,(H,69,80)(H,81,82)(H,83,84)(H,85,86)(H,87,88)(H,89,90)(H,91,92)(H2,70,71,94)/t44-,45-,46-,52-,53-,54+/m0/s1. The Morgan fingerprint density at radius 3 is 1.74 bits per heavy atom. The number of Topliss-reactive ketones (excluding diaryl/α,β-unsaturated/α-hetero) is 4. The largest absolute Gasteiger partial charge is 0.481 e. The molecule has 0 unspecified atom stereocenters. The molecule has 2 aromatic rings. The van der Waals surface area contributed by atoms with Crippen molar-refractivity contribution in [3.8, 4) is 5.75 Å². The summed E-state index contributed by atoms with van der Waals surface area (Å²) in [6.45, 7) is 2.39. The van der Waals surface area contributed by atoms with Crippen LogP contribution in [0.4, 0.5) is 4.79 Å². The topological polar surface area (TPSA) is 429 Å². The van der Waals surface area contributed by atoms with Crippen molar-refractivity contribution in [2.75, 3.05) is 39.8 Å². The fraction of sp³-hybridized carbons (Fsp3) is 0.537. The number of carbonyl (C=O) groups excluding carboxylic acids is 9. The number of ether oxygens (including phenoxy) is 1. The number of nitrogens with zero attached hydrogens (tertiary/aromatic N) is 2. The van der Waals surface area contributed by atoms with Crippen LogP contribution in [0.25, 0.3) is 0 Å². The zero-order valence-corrected chi connectivity index (χ0v) is 55.8. The van der Waals surface area contributed by atoms with Gasteiger partial charge in [0.15, 0.2) is 11.6 Å². The van der Waals surface area contributed by atoms with Gasteiger partial charge in [0.1, 0.15) is 52.6 Å². The molecule has 520 valence electrons. The minimum Gasteiger partial charge on any atom is -0.481 e. The maximum Gasteiger partial charge on any atom is 0.347 e. The first kappa shape index (κ1) is 80.9. The van der Waals surface area contributed by atoms with Crippen molar-refractivity contribution < 1.29 is 107 Å². The Balaban J connectivity index is 1.58. The van der Waals surface area contributed by atoms with Gasteiger partial charge in [-0.05, 0) is 136 Å². The highest BCUT2D eigenvalue weighted by atomic mass is 127. The summed E-state index contributed by atoms with van der Waals surface area (Å²) in [6.07, 6.45) is 5.89. The molecule has 9 N–H and O–H groups in total. The van der Waals surface area contributed by atoms with Gasteiger partial charge >= 0.3 is 47.8 Å². The van der Waals surface area contributed by atoms with Crippen LogP contribution in [0, 0.1) is 21.3 Å². The number of allylic oxidation sites excluding steroid dienone is 3. The van der Waals surface area contributed by atoms with Gasteiger partial charge in [-0.1, -0.05) is 75.4 Å². The Bertz CT molecular complexity index is 3090. The minimum absolute atomic E-state index is 0.0145. The normalized spacial score (nSPS) is 13.9. The Labute approximate surface area is 564 Å². The number of hydrogen-bond donors (Lipinski definition) is 9. The summed E-state index contributed by atoms with van der Waals surface area (Å²) in [5, 5.41) is 64.4. The number of esters is 1. The quantitative estimate of drug-likeness (QED) is 0.00886. The van der Waals surface area contributed by atoms with Crippen LogP contribution < -0.4 is 20.7 Å². The van der Waals surface area contributed by atoms with Crippen LogP contribution in [-0.4, -0.2) is 187 Å². The Kier molecular flexibility index (Phi) is 37.1. The van der Waals surface area contributed by atoms with Gasteiger partial charge in [0.05, 0.1) is 16.0 Å². The number of rotatable bonds is 51. The highest BCUT2D eigenvalue weighted by molar-refractivity contribution is 14.1. The Morgan fingerprint density at radius 2 is 1.15 bits per heavy atom. The number of likely N-dealkylation sites (N-methyl/N-ethyl adjacent to an activating group) is 2. The molecule has 0 aliphatic heterocycles. The van der Waals surface area contributed by atoms with E-state index in [4.69, 9.17) is 9.84 Å². The number of halogens is 1. The van der Waals surface area contributed by atoms with E-state index < -0.39 is 137 Å². The fourth-order valence-corrected chi connectivity index (χ4v) is 11.4. The first-order chi connectivity index (χ1) is 45.1. The second kappa shape index (κ2) is 43.6. The van der Waals surface area contributed by atoms with Gasteiger partial charge in [0, 0.05) is 88.9 Å². The van der Waals surface area contributed by atoms with Gasteiger partial charge in [-0.2, -0.15) is 0 Å². The van der Waals surface area contributed by atoms with E-state index in [1.807, 2.05) is 22.6 Å². The van der Waals surface area contributed by atoms with Crippen LogP contribution in [0.15, 0.2) is 72.3 Å². The minimum atomic E-state index is -1.53. The third kappa shape index (κ3) is 32.5. The molecule has 0 saturated carbocycles. The number of nitrogens with one attached hydrogen (secondary N) is 3. The average molecular weight is 1440 g/mol. The first-order valence-electron chi connectivity index (χ1n) is 31.8. The Morgan fingerprint density at radius 1 is 0.558 bits per heavy atom. The molecule has 0 fully saturated rings. The zero-order chi connectivity index (χ0) is 70.6. The van der Waals surface area contributed by atoms with Crippen LogP contribution >= 0.6 is 22.6 Å². The molecule has 1 aliphatic carbocycles. The van der Waals surface area contributed by atoms with Crippen molar-refractivity contribution in [3.05, 3.63) is 87.0 Å². The molecule has 0 radical (unpaired) electrons. The van der Waals surface area contributed by atoms with Crippen LogP contribution in [-0.2, 0) is 80.0 Å². The third-order valence-electron chi connectivity index (χ3n) is 16.0. The zero-order valence-electron chi connectivity index (χ0n) is 53.6.